The van der Waals surface area contributed by atoms with Gasteiger partial charge in [-0.05, 0) is 38.7 Å². The average molecular weight is 488 g/mol. The number of hydrogen-bond donors (Lipinski definition) is 3. The van der Waals surface area contributed by atoms with Crippen LogP contribution in [0, 0.1) is 0 Å². The third-order valence-corrected chi connectivity index (χ3v) is 6.32. The summed E-state index contributed by atoms with van der Waals surface area (Å²) >= 11 is 10.6. The maximum Gasteiger partial charge on any atom is 0.308 e. The summed E-state index contributed by atoms with van der Waals surface area (Å²) in [5.41, 5.74) is 1.04. The van der Waals surface area contributed by atoms with Crippen LogP contribution in [0.25, 0.3) is 28.5 Å². The fourth-order valence-corrected chi connectivity index (χ4v) is 4.76. The molecule has 2 unspecified atom stereocenters. The van der Waals surface area contributed by atoms with Crippen LogP contribution in [0.4, 0.5) is 5.82 Å². The molecule has 0 radical (unpaired) electrons. The van der Waals surface area contributed by atoms with Crippen LogP contribution < -0.4 is 5.32 Å². The number of anilines is 1. The summed E-state index contributed by atoms with van der Waals surface area (Å²) in [7, 11) is 0. The molecule has 0 aliphatic heterocycles. The second-order valence-electron chi connectivity index (χ2n) is 8.26. The van der Waals surface area contributed by atoms with Crippen molar-refractivity contribution in [2.45, 2.75) is 50.7 Å². The predicted octanol–water partition coefficient (Wildman–Crippen LogP) is 4.52. The average Bonchev–Trinajstić information content (AvgIpc) is 3.09. The molecule has 174 valence electrons. The fourth-order valence-electron chi connectivity index (χ4n) is 4.33. The Bertz CT molecular complexity index is 1200. The van der Waals surface area contributed by atoms with E-state index in [2.05, 4.69) is 34.7 Å². The Morgan fingerprint density at radius 2 is 2.30 bits per heavy atom. The maximum atomic E-state index is 12.0. The van der Waals surface area contributed by atoms with Gasteiger partial charge in [0.1, 0.15) is 5.82 Å². The lowest BCUT2D eigenvalue weighted by molar-refractivity contribution is -0.150. The van der Waals surface area contributed by atoms with Crippen LogP contribution in [0.15, 0.2) is 31.2 Å². The van der Waals surface area contributed by atoms with E-state index in [-0.39, 0.29) is 18.4 Å². The topological polar surface area (TPSA) is 102 Å². The summed E-state index contributed by atoms with van der Waals surface area (Å²) < 4.78 is 6.64. The quantitative estimate of drug-likeness (QED) is 0.332. The first kappa shape index (κ1) is 23.5. The lowest BCUT2D eigenvalue weighted by Crippen LogP contribution is -2.42. The zero-order valence-electron chi connectivity index (χ0n) is 18.3. The Hall–Kier alpha value is -2.62. The molecule has 0 saturated heterocycles. The smallest absolute Gasteiger partial charge is 0.308 e. The third-order valence-electron chi connectivity index (χ3n) is 5.81. The van der Waals surface area contributed by atoms with E-state index in [0.717, 1.165) is 29.4 Å². The lowest BCUT2D eigenvalue weighted by Gasteiger charge is -2.36. The molecule has 3 heterocycles. The van der Waals surface area contributed by atoms with E-state index >= 15 is 0 Å². The standard InChI is InChI=1S/C23H26ClN5O3S/c1-3-14-11-25-21(18-13-29(33)22-17(18)8-15(24)12-26-22)28-20(14)27-16-6-5-7-23(31,9-16)10-19(30)32-4-2/h3,8,11-13,16,31,33H,1,4-7,9-10H2,2H3,(H,25,27,28). The molecule has 0 bridgehead atoms. The van der Waals surface area contributed by atoms with Crippen LogP contribution in [0.3, 0.4) is 0 Å². The minimum atomic E-state index is -1.10. The molecule has 3 aromatic heterocycles. The van der Waals surface area contributed by atoms with Crippen molar-refractivity contribution in [3.05, 3.63) is 41.8 Å². The Balaban J connectivity index is 1.61. The summed E-state index contributed by atoms with van der Waals surface area (Å²) in [6.07, 6.45) is 9.32. The number of hydrogen-bond acceptors (Lipinski definition) is 8. The van der Waals surface area contributed by atoms with Crippen LogP contribution in [0.1, 0.15) is 44.6 Å². The molecular weight excluding hydrogens is 462 g/mol. The summed E-state index contributed by atoms with van der Waals surface area (Å²) in [4.78, 5) is 25.5. The van der Waals surface area contributed by atoms with Gasteiger partial charge in [-0.1, -0.05) is 37.1 Å². The molecular formula is C23H26ClN5O3S. The number of rotatable bonds is 7. The Morgan fingerprint density at radius 3 is 3.06 bits per heavy atom. The second kappa shape index (κ2) is 9.70. The monoisotopic (exact) mass is 487 g/mol. The second-order valence-corrected chi connectivity index (χ2v) is 9.12. The summed E-state index contributed by atoms with van der Waals surface area (Å²) in [6, 6.07) is 1.74. The first-order chi connectivity index (χ1) is 15.8. The molecule has 1 saturated carbocycles. The van der Waals surface area contributed by atoms with Crippen molar-refractivity contribution in [3.63, 3.8) is 0 Å². The van der Waals surface area contributed by atoms with Crippen molar-refractivity contribution in [2.24, 2.45) is 0 Å². The molecule has 2 N–H and O–H groups in total. The van der Waals surface area contributed by atoms with Crippen LogP contribution in [-0.4, -0.2) is 48.2 Å². The molecule has 0 spiro atoms. The number of pyridine rings is 1. The maximum absolute atomic E-state index is 12.0. The van der Waals surface area contributed by atoms with E-state index < -0.39 is 5.60 Å². The normalized spacial score (nSPS) is 20.5. The van der Waals surface area contributed by atoms with Crippen LogP contribution in [0.2, 0.25) is 5.02 Å². The Morgan fingerprint density at radius 1 is 1.48 bits per heavy atom. The molecule has 3 aromatic rings. The number of nitrogens with one attached hydrogen (secondary N) is 1. The highest BCUT2D eigenvalue weighted by atomic mass is 35.5. The molecule has 4 rings (SSSR count). The molecule has 0 aromatic carbocycles. The number of ether oxygens (including phenoxy) is 1. The fraction of sp³-hybridized carbons (Fsp3) is 0.391. The molecule has 10 heteroatoms. The van der Waals surface area contributed by atoms with E-state index in [1.807, 2.05) is 0 Å². The van der Waals surface area contributed by atoms with Gasteiger partial charge in [0, 0.05) is 41.1 Å². The van der Waals surface area contributed by atoms with Crippen molar-refractivity contribution in [3.8, 4) is 11.4 Å². The highest BCUT2D eigenvalue weighted by molar-refractivity contribution is 7.78. The third kappa shape index (κ3) is 5.15. The van der Waals surface area contributed by atoms with Gasteiger partial charge >= 0.3 is 5.97 Å². The SMILES string of the molecule is C=Cc1cnc(-c2cn(S)c3ncc(Cl)cc23)nc1NC1CCCC(O)(CC(=O)OCC)C1. The van der Waals surface area contributed by atoms with E-state index in [4.69, 9.17) is 21.3 Å². The van der Waals surface area contributed by atoms with Crippen LogP contribution in [0.5, 0.6) is 0 Å². The largest absolute Gasteiger partial charge is 0.466 e. The van der Waals surface area contributed by atoms with Gasteiger partial charge in [0.25, 0.3) is 0 Å². The summed E-state index contributed by atoms with van der Waals surface area (Å²) in [5.74, 6) is 0.713. The highest BCUT2D eigenvalue weighted by Crippen LogP contribution is 2.35. The van der Waals surface area contributed by atoms with E-state index in [1.165, 1.54) is 0 Å². The minimum absolute atomic E-state index is 0.0163. The minimum Gasteiger partial charge on any atom is -0.466 e. The number of esters is 1. The van der Waals surface area contributed by atoms with Gasteiger partial charge in [0.2, 0.25) is 0 Å². The van der Waals surface area contributed by atoms with Crippen molar-refractivity contribution in [1.29, 1.82) is 0 Å². The van der Waals surface area contributed by atoms with E-state index in [0.29, 0.717) is 41.8 Å². The predicted molar refractivity (Wildman–Crippen MR) is 132 cm³/mol. The number of thiol groups is 1. The zero-order valence-corrected chi connectivity index (χ0v) is 19.9. The number of fused-ring (bicyclic) bond motifs is 1. The van der Waals surface area contributed by atoms with Gasteiger partial charge in [-0.25, -0.2) is 15.0 Å². The first-order valence-corrected chi connectivity index (χ1v) is 11.6. The van der Waals surface area contributed by atoms with Crippen molar-refractivity contribution in [1.82, 2.24) is 18.9 Å². The van der Waals surface area contributed by atoms with Crippen LogP contribution in [-0.2, 0) is 9.53 Å². The lowest BCUT2D eigenvalue weighted by atomic mass is 9.79. The number of carbonyl (C=O) groups is 1. The van der Waals surface area contributed by atoms with Gasteiger partial charge in [0.15, 0.2) is 11.5 Å². The molecule has 1 aliphatic rings. The van der Waals surface area contributed by atoms with Crippen molar-refractivity contribution >= 4 is 53.3 Å². The van der Waals surface area contributed by atoms with Gasteiger partial charge in [-0.15, -0.1) is 0 Å². The van der Waals surface area contributed by atoms with Gasteiger partial charge < -0.3 is 15.2 Å². The Kier molecular flexibility index (Phi) is 6.92. The summed E-state index contributed by atoms with van der Waals surface area (Å²) in [6.45, 7) is 5.92. The molecule has 8 nitrogen and oxygen atoms in total. The number of halogens is 1. The van der Waals surface area contributed by atoms with Crippen molar-refractivity contribution < 1.29 is 14.6 Å². The van der Waals surface area contributed by atoms with E-state index in [1.54, 1.807) is 41.6 Å². The molecule has 1 aliphatic carbocycles. The van der Waals surface area contributed by atoms with Gasteiger partial charge in [0.05, 0.1) is 23.7 Å². The molecule has 2 atom stereocenters. The number of nitrogens with zero attached hydrogens (tertiary/aromatic N) is 4. The van der Waals surface area contributed by atoms with Crippen molar-refractivity contribution in [2.75, 3.05) is 11.9 Å². The van der Waals surface area contributed by atoms with Gasteiger partial charge in [-0.3, -0.25) is 8.77 Å². The van der Waals surface area contributed by atoms with E-state index in [9.17, 15) is 9.90 Å². The number of aromatic nitrogens is 4. The molecule has 1 fully saturated rings. The molecule has 0 amide bonds. The van der Waals surface area contributed by atoms with Gasteiger partial charge in [-0.2, -0.15) is 0 Å². The first-order valence-electron chi connectivity index (χ1n) is 10.8. The summed E-state index contributed by atoms with van der Waals surface area (Å²) in [5, 5.41) is 15.7. The highest BCUT2D eigenvalue weighted by Gasteiger charge is 2.37. The van der Waals surface area contributed by atoms with Crippen LogP contribution >= 0.6 is 24.4 Å². The number of carbonyl (C=O) groups excluding carboxylic acids is 1. The zero-order chi connectivity index (χ0) is 23.6. The molecule has 33 heavy (non-hydrogen) atoms. The number of aliphatic hydroxyl groups is 1. The Labute approximate surface area is 202 Å².